The van der Waals surface area contributed by atoms with Crippen molar-refractivity contribution in [2.75, 3.05) is 16.9 Å². The average Bonchev–Trinajstić information content (AvgIpc) is 2.34. The maximum absolute atomic E-state index is 3.85. The Morgan fingerprint density at radius 3 is 3.00 bits per heavy atom. The van der Waals surface area contributed by atoms with Gasteiger partial charge in [-0.05, 0) is 12.1 Å². The largest absolute Gasteiger partial charge is 0.366 e. The van der Waals surface area contributed by atoms with Crippen molar-refractivity contribution in [1.29, 1.82) is 0 Å². The van der Waals surface area contributed by atoms with Crippen molar-refractivity contribution in [3.05, 3.63) is 31.3 Å². The van der Waals surface area contributed by atoms with Gasteiger partial charge in [-0.1, -0.05) is 12.1 Å². The predicted molar refractivity (Wildman–Crippen MR) is 42.8 cm³/mol. The molecule has 0 amide bonds. The lowest BCUT2D eigenvalue weighted by Crippen LogP contribution is -2.12. The highest BCUT2D eigenvalue weighted by Crippen LogP contribution is 2.29. The third kappa shape index (κ3) is 0.652. The summed E-state index contributed by atoms with van der Waals surface area (Å²) in [6.07, 6.45) is 0. The summed E-state index contributed by atoms with van der Waals surface area (Å²) in [4.78, 5) is 1.94. The molecule has 1 aromatic rings. The van der Waals surface area contributed by atoms with Crippen molar-refractivity contribution < 1.29 is 0 Å². The molecule has 1 aliphatic rings. The first-order chi connectivity index (χ1) is 4.88. The van der Waals surface area contributed by atoms with Crippen molar-refractivity contribution in [3.63, 3.8) is 0 Å². The number of nitrogens with zero attached hydrogens (tertiary/aromatic N) is 1. The van der Waals surface area contributed by atoms with Crippen molar-refractivity contribution in [1.82, 2.24) is 0 Å². The minimum absolute atomic E-state index is 0.819. The normalized spacial score (nSPS) is 14.7. The summed E-state index contributed by atoms with van der Waals surface area (Å²) >= 11 is 0. The third-order valence-electron chi connectivity index (χ3n) is 1.71. The van der Waals surface area contributed by atoms with E-state index in [9.17, 15) is 0 Å². The van der Waals surface area contributed by atoms with Crippen LogP contribution in [0.2, 0.25) is 0 Å². The van der Waals surface area contributed by atoms with Crippen molar-refractivity contribution in [3.8, 4) is 0 Å². The number of nitrogens with one attached hydrogen (secondary N) is 1. The van der Waals surface area contributed by atoms with E-state index in [1.165, 1.54) is 11.4 Å². The van der Waals surface area contributed by atoms with Crippen molar-refractivity contribution in [2.24, 2.45) is 0 Å². The van der Waals surface area contributed by atoms with E-state index in [0.29, 0.717) is 0 Å². The van der Waals surface area contributed by atoms with E-state index in [1.807, 2.05) is 17.0 Å². The van der Waals surface area contributed by atoms with Gasteiger partial charge in [-0.2, -0.15) is 0 Å². The van der Waals surface area contributed by atoms with Gasteiger partial charge in [-0.25, -0.2) is 0 Å². The Balaban J connectivity index is 2.51. The van der Waals surface area contributed by atoms with Crippen LogP contribution in [0.25, 0.3) is 0 Å². The Labute approximate surface area is 60.5 Å². The van der Waals surface area contributed by atoms with Crippen LogP contribution < -0.4 is 10.2 Å². The first-order valence-corrected chi connectivity index (χ1v) is 3.29. The van der Waals surface area contributed by atoms with Crippen LogP contribution in [-0.2, 0) is 0 Å². The van der Waals surface area contributed by atoms with Gasteiger partial charge in [-0.3, -0.25) is 0 Å². The molecule has 0 spiro atoms. The van der Waals surface area contributed by atoms with Gasteiger partial charge in [0.05, 0.1) is 18.0 Å². The Bertz CT molecular complexity index is 245. The Hall–Kier alpha value is -1.18. The topological polar surface area (TPSA) is 15.3 Å². The van der Waals surface area contributed by atoms with Crippen LogP contribution >= 0.6 is 0 Å². The van der Waals surface area contributed by atoms with Crippen molar-refractivity contribution >= 4 is 11.4 Å². The predicted octanol–water partition coefficient (Wildman–Crippen LogP) is 1.67. The lowest BCUT2D eigenvalue weighted by Gasteiger charge is -2.07. The molecule has 2 heteroatoms. The second-order valence-corrected chi connectivity index (χ2v) is 2.39. The van der Waals surface area contributed by atoms with E-state index in [0.717, 1.165) is 6.67 Å². The van der Waals surface area contributed by atoms with Crippen molar-refractivity contribution in [2.45, 2.75) is 0 Å². The quantitative estimate of drug-likeness (QED) is 0.579. The molecule has 1 N–H and O–H groups in total. The highest BCUT2D eigenvalue weighted by atomic mass is 15.3. The van der Waals surface area contributed by atoms with E-state index in [1.54, 1.807) is 0 Å². The lowest BCUT2D eigenvalue weighted by atomic mass is 10.3. The third-order valence-corrected chi connectivity index (χ3v) is 1.71. The van der Waals surface area contributed by atoms with Crippen LogP contribution in [0.3, 0.4) is 0 Å². The molecule has 0 fully saturated rings. The molecule has 1 heterocycles. The smallest absolute Gasteiger partial charge is 0.0878 e. The van der Waals surface area contributed by atoms with E-state index >= 15 is 0 Å². The molecule has 51 valence electrons. The zero-order valence-corrected chi connectivity index (χ0v) is 5.67. The first-order valence-electron chi connectivity index (χ1n) is 3.29. The summed E-state index contributed by atoms with van der Waals surface area (Å²) in [5.74, 6) is 0. The molecule has 0 saturated carbocycles. The van der Waals surface area contributed by atoms with Gasteiger partial charge in [0.1, 0.15) is 0 Å². The van der Waals surface area contributed by atoms with Gasteiger partial charge >= 0.3 is 0 Å². The van der Waals surface area contributed by atoms with Crippen LogP contribution in [0.4, 0.5) is 11.4 Å². The molecule has 2 rings (SSSR count). The summed E-state index contributed by atoms with van der Waals surface area (Å²) in [7, 11) is 3.85. The molecule has 1 radical (unpaired) electrons. The second-order valence-electron chi connectivity index (χ2n) is 2.39. The number of hydrogen-bond acceptors (Lipinski definition) is 2. The minimum Gasteiger partial charge on any atom is -0.366 e. The second kappa shape index (κ2) is 1.90. The van der Waals surface area contributed by atoms with E-state index in [4.69, 9.17) is 0 Å². The average molecular weight is 133 g/mol. The summed E-state index contributed by atoms with van der Waals surface area (Å²) in [5.41, 5.74) is 2.36. The fraction of sp³-hybridized carbons (Fsp3) is 0.125. The highest BCUT2D eigenvalue weighted by molar-refractivity contribution is 5.74. The van der Waals surface area contributed by atoms with Crippen LogP contribution in [0.5, 0.6) is 0 Å². The maximum atomic E-state index is 3.85. The molecule has 0 aromatic heterocycles. The molecule has 0 saturated heterocycles. The lowest BCUT2D eigenvalue weighted by molar-refractivity contribution is 1.09. The molecule has 0 aliphatic carbocycles. The summed E-state index contributed by atoms with van der Waals surface area (Å²) in [5, 5.41) is 3.21. The van der Waals surface area contributed by atoms with Gasteiger partial charge in [0.15, 0.2) is 0 Å². The summed E-state index contributed by atoms with van der Waals surface area (Å²) < 4.78 is 0. The van der Waals surface area contributed by atoms with Gasteiger partial charge in [0.2, 0.25) is 0 Å². The van der Waals surface area contributed by atoms with Gasteiger partial charge < -0.3 is 10.2 Å². The number of para-hydroxylation sites is 2. The number of rotatable bonds is 0. The highest BCUT2D eigenvalue weighted by Gasteiger charge is 2.12. The molecule has 1 aliphatic heterocycles. The number of fused-ring (bicyclic) bond motifs is 1. The van der Waals surface area contributed by atoms with Crippen LogP contribution in [0, 0.1) is 7.05 Å². The maximum Gasteiger partial charge on any atom is 0.0878 e. The molecule has 0 bridgehead atoms. The summed E-state index contributed by atoms with van der Waals surface area (Å²) in [6, 6.07) is 8.15. The fourth-order valence-electron chi connectivity index (χ4n) is 1.16. The first kappa shape index (κ1) is 5.59. The van der Waals surface area contributed by atoms with E-state index in [-0.39, 0.29) is 0 Å². The SMILES string of the molecule is [CH2]N1CNc2ccccc21. The molecule has 1 aromatic carbocycles. The van der Waals surface area contributed by atoms with Crippen LogP contribution in [0.1, 0.15) is 0 Å². The Morgan fingerprint density at radius 2 is 2.20 bits per heavy atom. The molecular weight excluding hydrogens is 124 g/mol. The van der Waals surface area contributed by atoms with E-state index < -0.39 is 0 Å². The fourth-order valence-corrected chi connectivity index (χ4v) is 1.16. The standard InChI is InChI=1S/C8H9N2/c1-10-6-9-7-4-2-3-5-8(7)10/h2-5,9H,1,6H2. The monoisotopic (exact) mass is 133 g/mol. The molecule has 10 heavy (non-hydrogen) atoms. The summed E-state index contributed by atoms with van der Waals surface area (Å²) in [6.45, 7) is 0.819. The molecule has 0 atom stereocenters. The number of benzene rings is 1. The van der Waals surface area contributed by atoms with Crippen LogP contribution in [0.15, 0.2) is 24.3 Å². The van der Waals surface area contributed by atoms with E-state index in [2.05, 4.69) is 24.5 Å². The van der Waals surface area contributed by atoms with Crippen LogP contribution in [-0.4, -0.2) is 6.67 Å². The number of anilines is 2. The zero-order valence-electron chi connectivity index (χ0n) is 5.67. The Kier molecular flexibility index (Phi) is 1.07. The minimum atomic E-state index is 0.819. The van der Waals surface area contributed by atoms with Gasteiger partial charge in [0.25, 0.3) is 0 Å². The molecular formula is C8H9N2. The Morgan fingerprint density at radius 1 is 1.40 bits per heavy atom. The van der Waals surface area contributed by atoms with Gasteiger partial charge in [0, 0.05) is 7.05 Å². The molecule has 0 unspecified atom stereocenters. The zero-order chi connectivity index (χ0) is 6.97. The van der Waals surface area contributed by atoms with Gasteiger partial charge in [-0.15, -0.1) is 0 Å². The molecule has 2 nitrogen and oxygen atoms in total. The number of hydrogen-bond donors (Lipinski definition) is 1.